The van der Waals surface area contributed by atoms with E-state index in [1.54, 1.807) is 4.68 Å². The summed E-state index contributed by atoms with van der Waals surface area (Å²) in [6.45, 7) is 6.24. The molecule has 1 unspecified atom stereocenters. The molecule has 1 atom stereocenters. The van der Waals surface area contributed by atoms with E-state index in [0.29, 0.717) is 29.6 Å². The number of hydrogen-bond donors (Lipinski definition) is 2. The van der Waals surface area contributed by atoms with Gasteiger partial charge in [-0.15, -0.1) is 0 Å². The number of rotatable bonds is 5. The molecule has 1 aromatic heterocycles. The number of carbonyl (C=O) groups is 1. The number of hydrogen-bond acceptors (Lipinski definition) is 6. The number of tetrazole rings is 1. The van der Waals surface area contributed by atoms with Crippen molar-refractivity contribution >= 4 is 17.5 Å². The fourth-order valence-corrected chi connectivity index (χ4v) is 3.49. The van der Waals surface area contributed by atoms with E-state index in [2.05, 4.69) is 26.2 Å². The molecule has 8 nitrogen and oxygen atoms in total. The standard InChI is InChI=1S/C21H22N6O2/c1-4-29-17-12-8-6-10-15(17)19-18(14(3)22-21-24-25-26-27(19)21)20(28)23-16-11-7-5-9-13(16)2/h5-12,19H,4H2,1-3H3,(H,23,28)(H,22,24,26). The first-order chi connectivity index (χ1) is 14.1. The SMILES string of the molecule is CCOc1ccccc1C1C(C(=O)Nc2ccccc2C)=C(C)Nc2nnnn21. The lowest BCUT2D eigenvalue weighted by atomic mass is 9.94. The summed E-state index contributed by atoms with van der Waals surface area (Å²) < 4.78 is 7.43. The number of nitrogens with zero attached hydrogens (tertiary/aromatic N) is 4. The van der Waals surface area contributed by atoms with Crippen LogP contribution in [-0.2, 0) is 4.79 Å². The molecule has 0 radical (unpaired) electrons. The smallest absolute Gasteiger partial charge is 0.255 e. The summed E-state index contributed by atoms with van der Waals surface area (Å²) in [5.74, 6) is 0.949. The van der Waals surface area contributed by atoms with E-state index in [4.69, 9.17) is 4.74 Å². The van der Waals surface area contributed by atoms with Gasteiger partial charge < -0.3 is 15.4 Å². The average molecular weight is 390 g/mol. The fraction of sp³-hybridized carbons (Fsp3) is 0.238. The number of aromatic nitrogens is 4. The first kappa shape index (κ1) is 18.7. The van der Waals surface area contributed by atoms with Crippen molar-refractivity contribution in [3.05, 3.63) is 70.9 Å². The molecule has 2 aromatic carbocycles. The number of anilines is 2. The first-order valence-electron chi connectivity index (χ1n) is 9.44. The molecular weight excluding hydrogens is 368 g/mol. The van der Waals surface area contributed by atoms with E-state index in [-0.39, 0.29) is 5.91 Å². The van der Waals surface area contributed by atoms with E-state index in [9.17, 15) is 4.79 Å². The maximum absolute atomic E-state index is 13.4. The second kappa shape index (κ2) is 7.75. The molecule has 0 saturated heterocycles. The predicted octanol–water partition coefficient (Wildman–Crippen LogP) is 3.31. The summed E-state index contributed by atoms with van der Waals surface area (Å²) in [6, 6.07) is 14.8. The van der Waals surface area contributed by atoms with Gasteiger partial charge in [-0.1, -0.05) is 41.5 Å². The molecule has 0 fully saturated rings. The molecule has 8 heteroatoms. The van der Waals surface area contributed by atoms with E-state index in [0.717, 1.165) is 16.8 Å². The number of ether oxygens (including phenoxy) is 1. The van der Waals surface area contributed by atoms with Crippen molar-refractivity contribution in [2.24, 2.45) is 0 Å². The van der Waals surface area contributed by atoms with Crippen LogP contribution in [-0.4, -0.2) is 32.7 Å². The van der Waals surface area contributed by atoms with E-state index in [1.807, 2.05) is 69.3 Å². The molecule has 148 valence electrons. The van der Waals surface area contributed by atoms with Gasteiger partial charge in [0.05, 0.1) is 12.2 Å². The molecule has 1 amide bonds. The molecule has 2 N–H and O–H groups in total. The Labute approximate surface area is 168 Å². The monoisotopic (exact) mass is 390 g/mol. The van der Waals surface area contributed by atoms with Gasteiger partial charge in [0.15, 0.2) is 0 Å². The van der Waals surface area contributed by atoms with Gasteiger partial charge in [0.25, 0.3) is 5.91 Å². The van der Waals surface area contributed by atoms with Crippen LogP contribution in [0, 0.1) is 6.92 Å². The number of nitrogens with one attached hydrogen (secondary N) is 2. The van der Waals surface area contributed by atoms with Crippen molar-refractivity contribution in [1.29, 1.82) is 0 Å². The number of allylic oxidation sites excluding steroid dienone is 1. The third-order valence-corrected chi connectivity index (χ3v) is 4.87. The predicted molar refractivity (Wildman–Crippen MR) is 110 cm³/mol. The minimum atomic E-state index is -0.520. The Morgan fingerprint density at radius 1 is 1.17 bits per heavy atom. The second-order valence-corrected chi connectivity index (χ2v) is 6.75. The van der Waals surface area contributed by atoms with Crippen molar-refractivity contribution in [3.63, 3.8) is 0 Å². The van der Waals surface area contributed by atoms with Crippen LogP contribution in [0.25, 0.3) is 0 Å². The molecule has 2 heterocycles. The zero-order valence-electron chi connectivity index (χ0n) is 16.5. The molecule has 29 heavy (non-hydrogen) atoms. The quantitative estimate of drug-likeness (QED) is 0.694. The highest BCUT2D eigenvalue weighted by Crippen LogP contribution is 2.38. The highest BCUT2D eigenvalue weighted by atomic mass is 16.5. The number of aryl methyl sites for hydroxylation is 1. The van der Waals surface area contributed by atoms with Gasteiger partial charge in [0.1, 0.15) is 11.8 Å². The maximum Gasteiger partial charge on any atom is 0.255 e. The second-order valence-electron chi connectivity index (χ2n) is 6.75. The van der Waals surface area contributed by atoms with Gasteiger partial charge in [0.2, 0.25) is 5.95 Å². The summed E-state index contributed by atoms with van der Waals surface area (Å²) in [6.07, 6.45) is 0. The van der Waals surface area contributed by atoms with Gasteiger partial charge in [-0.25, -0.2) is 0 Å². The van der Waals surface area contributed by atoms with E-state index < -0.39 is 6.04 Å². The molecule has 0 saturated carbocycles. The summed E-state index contributed by atoms with van der Waals surface area (Å²) in [7, 11) is 0. The Morgan fingerprint density at radius 3 is 2.72 bits per heavy atom. The molecule has 0 aliphatic carbocycles. The summed E-state index contributed by atoms with van der Waals surface area (Å²) >= 11 is 0. The number of benzene rings is 2. The Balaban J connectivity index is 1.81. The van der Waals surface area contributed by atoms with Crippen molar-refractivity contribution < 1.29 is 9.53 Å². The zero-order valence-corrected chi connectivity index (χ0v) is 16.5. The Morgan fingerprint density at radius 2 is 1.93 bits per heavy atom. The van der Waals surface area contributed by atoms with Crippen LogP contribution in [0.3, 0.4) is 0 Å². The van der Waals surface area contributed by atoms with E-state index >= 15 is 0 Å². The average Bonchev–Trinajstić information content (AvgIpc) is 3.17. The molecule has 4 rings (SSSR count). The molecule has 0 bridgehead atoms. The number of fused-ring (bicyclic) bond motifs is 1. The summed E-state index contributed by atoms with van der Waals surface area (Å²) in [5.41, 5.74) is 3.78. The molecule has 0 spiro atoms. The normalized spacial score (nSPS) is 15.5. The Hall–Kier alpha value is -3.68. The third kappa shape index (κ3) is 3.44. The molecule has 1 aliphatic heterocycles. The minimum absolute atomic E-state index is 0.221. The van der Waals surface area contributed by atoms with Crippen molar-refractivity contribution in [2.45, 2.75) is 26.8 Å². The topological polar surface area (TPSA) is 94.0 Å². The van der Waals surface area contributed by atoms with Crippen LogP contribution in [0.5, 0.6) is 5.75 Å². The van der Waals surface area contributed by atoms with Crippen LogP contribution in [0.1, 0.15) is 31.0 Å². The minimum Gasteiger partial charge on any atom is -0.494 e. The van der Waals surface area contributed by atoms with Gasteiger partial charge in [-0.05, 0) is 48.9 Å². The molecule has 1 aliphatic rings. The summed E-state index contributed by atoms with van der Waals surface area (Å²) in [4.78, 5) is 13.4. The van der Waals surface area contributed by atoms with Crippen LogP contribution >= 0.6 is 0 Å². The van der Waals surface area contributed by atoms with Crippen LogP contribution in [0.15, 0.2) is 59.8 Å². The number of amides is 1. The lowest BCUT2D eigenvalue weighted by Crippen LogP contribution is -2.32. The van der Waals surface area contributed by atoms with E-state index in [1.165, 1.54) is 0 Å². The Bertz CT molecular complexity index is 1090. The summed E-state index contributed by atoms with van der Waals surface area (Å²) in [5, 5.41) is 18.1. The first-order valence-corrected chi connectivity index (χ1v) is 9.44. The van der Waals surface area contributed by atoms with Crippen LogP contribution in [0.4, 0.5) is 11.6 Å². The lowest BCUT2D eigenvalue weighted by molar-refractivity contribution is -0.113. The van der Waals surface area contributed by atoms with Gasteiger partial charge in [-0.3, -0.25) is 4.79 Å². The van der Waals surface area contributed by atoms with Crippen molar-refractivity contribution in [3.8, 4) is 5.75 Å². The van der Waals surface area contributed by atoms with Gasteiger partial charge in [-0.2, -0.15) is 4.68 Å². The zero-order chi connectivity index (χ0) is 20.4. The maximum atomic E-state index is 13.4. The largest absolute Gasteiger partial charge is 0.494 e. The van der Waals surface area contributed by atoms with Crippen LogP contribution in [0.2, 0.25) is 0 Å². The van der Waals surface area contributed by atoms with Crippen LogP contribution < -0.4 is 15.4 Å². The molecule has 3 aromatic rings. The fourth-order valence-electron chi connectivity index (χ4n) is 3.49. The number of carbonyl (C=O) groups excluding carboxylic acids is 1. The van der Waals surface area contributed by atoms with Gasteiger partial charge in [0, 0.05) is 16.9 Å². The molecular formula is C21H22N6O2. The van der Waals surface area contributed by atoms with Crippen molar-refractivity contribution in [2.75, 3.05) is 17.2 Å². The number of para-hydroxylation sites is 2. The third-order valence-electron chi connectivity index (χ3n) is 4.87. The van der Waals surface area contributed by atoms with Gasteiger partial charge >= 0.3 is 0 Å². The Kier molecular flexibility index (Phi) is 4.99. The highest BCUT2D eigenvalue weighted by Gasteiger charge is 2.35. The van der Waals surface area contributed by atoms with Crippen molar-refractivity contribution in [1.82, 2.24) is 20.2 Å². The lowest BCUT2D eigenvalue weighted by Gasteiger charge is -2.29. The highest BCUT2D eigenvalue weighted by molar-refractivity contribution is 6.06.